The lowest BCUT2D eigenvalue weighted by atomic mass is 10.1. The van der Waals surface area contributed by atoms with Crippen molar-refractivity contribution in [2.75, 3.05) is 38.2 Å². The zero-order chi connectivity index (χ0) is 16.7. The van der Waals surface area contributed by atoms with Crippen LogP contribution >= 0.6 is 11.8 Å². The third-order valence-corrected chi connectivity index (χ3v) is 5.03. The molecule has 1 fully saturated rings. The predicted octanol–water partition coefficient (Wildman–Crippen LogP) is 2.61. The normalized spacial score (nSPS) is 18.5. The highest BCUT2D eigenvalue weighted by molar-refractivity contribution is 7.98. The number of nitrogens with zero attached hydrogens (tertiary/aromatic N) is 3. The average molecular weight is 337 g/mol. The van der Waals surface area contributed by atoms with Gasteiger partial charge in [-0.2, -0.15) is 11.8 Å². The van der Waals surface area contributed by atoms with E-state index in [1.54, 1.807) is 0 Å². The molecule has 1 N–H and O–H groups in total. The van der Waals surface area contributed by atoms with Crippen LogP contribution in [0.1, 0.15) is 32.0 Å². The zero-order valence-corrected chi connectivity index (χ0v) is 15.2. The summed E-state index contributed by atoms with van der Waals surface area (Å²) in [5.41, 5.74) is 1.09. The highest BCUT2D eigenvalue weighted by atomic mass is 32.2. The first kappa shape index (κ1) is 18.1. The van der Waals surface area contributed by atoms with Crippen molar-refractivity contribution in [2.24, 2.45) is 0 Å². The molecule has 0 spiro atoms. The Hall–Kier alpha value is -1.27. The van der Waals surface area contributed by atoms with Crippen LogP contribution in [0.3, 0.4) is 0 Å². The SMILES string of the molecule is CSCCC(C)NC(=O)N1CCN(C(C)c2ccccn2)CC1. The molecule has 1 saturated heterocycles. The molecular formula is C17H28N4OS. The summed E-state index contributed by atoms with van der Waals surface area (Å²) in [5, 5.41) is 3.10. The topological polar surface area (TPSA) is 48.5 Å². The molecule has 0 saturated carbocycles. The fourth-order valence-corrected chi connectivity index (χ4v) is 3.38. The van der Waals surface area contributed by atoms with Crippen LogP contribution in [0.5, 0.6) is 0 Å². The fourth-order valence-electron chi connectivity index (χ4n) is 2.79. The van der Waals surface area contributed by atoms with E-state index in [4.69, 9.17) is 0 Å². The van der Waals surface area contributed by atoms with Gasteiger partial charge in [0.25, 0.3) is 0 Å². The predicted molar refractivity (Wildman–Crippen MR) is 96.8 cm³/mol. The average Bonchev–Trinajstić information content (AvgIpc) is 2.60. The van der Waals surface area contributed by atoms with E-state index in [0.29, 0.717) is 6.04 Å². The monoisotopic (exact) mass is 336 g/mol. The minimum Gasteiger partial charge on any atom is -0.336 e. The Morgan fingerprint density at radius 1 is 1.30 bits per heavy atom. The first-order valence-electron chi connectivity index (χ1n) is 8.31. The van der Waals surface area contributed by atoms with E-state index in [1.807, 2.05) is 35.0 Å². The molecule has 128 valence electrons. The minimum atomic E-state index is 0.0729. The molecule has 1 aromatic heterocycles. The molecule has 0 aromatic carbocycles. The van der Waals surface area contributed by atoms with Crippen molar-refractivity contribution >= 4 is 17.8 Å². The maximum atomic E-state index is 12.3. The maximum absolute atomic E-state index is 12.3. The number of urea groups is 1. The molecular weight excluding hydrogens is 308 g/mol. The molecule has 2 heterocycles. The van der Waals surface area contributed by atoms with E-state index in [0.717, 1.165) is 44.0 Å². The van der Waals surface area contributed by atoms with Crippen LogP contribution in [0.15, 0.2) is 24.4 Å². The highest BCUT2D eigenvalue weighted by Crippen LogP contribution is 2.19. The van der Waals surface area contributed by atoms with E-state index in [-0.39, 0.29) is 12.1 Å². The Bertz CT molecular complexity index is 477. The van der Waals surface area contributed by atoms with Gasteiger partial charge in [-0.25, -0.2) is 4.79 Å². The molecule has 1 aliphatic heterocycles. The van der Waals surface area contributed by atoms with Crippen LogP contribution in [-0.4, -0.2) is 65.0 Å². The number of hydrogen-bond acceptors (Lipinski definition) is 4. The molecule has 1 aromatic rings. The first-order chi connectivity index (χ1) is 11.1. The van der Waals surface area contributed by atoms with Crippen LogP contribution in [-0.2, 0) is 0 Å². The fraction of sp³-hybridized carbons (Fsp3) is 0.647. The van der Waals surface area contributed by atoms with Crippen molar-refractivity contribution in [3.8, 4) is 0 Å². The lowest BCUT2D eigenvalue weighted by Gasteiger charge is -2.38. The lowest BCUT2D eigenvalue weighted by Crippen LogP contribution is -2.53. The maximum Gasteiger partial charge on any atom is 0.317 e. The van der Waals surface area contributed by atoms with Gasteiger partial charge in [-0.15, -0.1) is 0 Å². The van der Waals surface area contributed by atoms with E-state index < -0.39 is 0 Å². The van der Waals surface area contributed by atoms with Gasteiger partial charge in [0.2, 0.25) is 0 Å². The van der Waals surface area contributed by atoms with Crippen LogP contribution in [0.4, 0.5) is 4.79 Å². The van der Waals surface area contributed by atoms with Crippen molar-refractivity contribution < 1.29 is 4.79 Å². The number of amides is 2. The second-order valence-electron chi connectivity index (χ2n) is 6.09. The number of rotatable bonds is 6. The molecule has 2 rings (SSSR count). The van der Waals surface area contributed by atoms with Crippen LogP contribution in [0.25, 0.3) is 0 Å². The number of aromatic nitrogens is 1. The number of piperazine rings is 1. The molecule has 0 radical (unpaired) electrons. The number of nitrogens with one attached hydrogen (secondary N) is 1. The third-order valence-electron chi connectivity index (χ3n) is 4.39. The van der Waals surface area contributed by atoms with E-state index in [9.17, 15) is 4.79 Å². The molecule has 5 nitrogen and oxygen atoms in total. The second kappa shape index (κ2) is 9.13. The van der Waals surface area contributed by atoms with Gasteiger partial charge in [0.1, 0.15) is 0 Å². The summed E-state index contributed by atoms with van der Waals surface area (Å²) in [6, 6.07) is 6.64. The molecule has 2 amide bonds. The van der Waals surface area contributed by atoms with Crippen LogP contribution in [0, 0.1) is 0 Å². The van der Waals surface area contributed by atoms with Gasteiger partial charge in [0.15, 0.2) is 0 Å². The molecule has 2 atom stereocenters. The third kappa shape index (κ3) is 5.39. The minimum absolute atomic E-state index is 0.0729. The Labute approximate surface area is 143 Å². The second-order valence-corrected chi connectivity index (χ2v) is 7.07. The standard InChI is InChI=1S/C17H28N4OS/c1-14(7-13-23-3)19-17(22)21-11-9-20(10-12-21)15(2)16-6-4-5-8-18-16/h4-6,8,14-15H,7,9-13H2,1-3H3,(H,19,22). The molecule has 0 bridgehead atoms. The van der Waals surface area contributed by atoms with Gasteiger partial charge >= 0.3 is 6.03 Å². The van der Waals surface area contributed by atoms with Gasteiger partial charge in [-0.3, -0.25) is 9.88 Å². The van der Waals surface area contributed by atoms with Gasteiger partial charge in [0, 0.05) is 44.5 Å². The summed E-state index contributed by atoms with van der Waals surface area (Å²) in [5.74, 6) is 1.08. The van der Waals surface area contributed by atoms with Crippen molar-refractivity contribution in [2.45, 2.75) is 32.4 Å². The lowest BCUT2D eigenvalue weighted by molar-refractivity contribution is 0.111. The van der Waals surface area contributed by atoms with E-state index >= 15 is 0 Å². The Balaban J connectivity index is 1.78. The number of pyridine rings is 1. The van der Waals surface area contributed by atoms with Crippen molar-refractivity contribution in [3.63, 3.8) is 0 Å². The largest absolute Gasteiger partial charge is 0.336 e. The van der Waals surface area contributed by atoms with Gasteiger partial charge in [-0.05, 0) is 44.4 Å². The van der Waals surface area contributed by atoms with Crippen molar-refractivity contribution in [1.82, 2.24) is 20.1 Å². The molecule has 0 aliphatic carbocycles. The summed E-state index contributed by atoms with van der Waals surface area (Å²) >= 11 is 1.82. The van der Waals surface area contributed by atoms with E-state index in [2.05, 4.69) is 41.4 Å². The van der Waals surface area contributed by atoms with Crippen LogP contribution < -0.4 is 5.32 Å². The summed E-state index contributed by atoms with van der Waals surface area (Å²) in [4.78, 5) is 21.1. The Morgan fingerprint density at radius 3 is 2.65 bits per heavy atom. The van der Waals surface area contributed by atoms with Gasteiger partial charge in [-0.1, -0.05) is 6.07 Å². The number of thioether (sulfide) groups is 1. The number of hydrogen-bond donors (Lipinski definition) is 1. The Morgan fingerprint density at radius 2 is 2.04 bits per heavy atom. The molecule has 1 aliphatic rings. The molecule has 2 unspecified atom stereocenters. The number of carbonyl (C=O) groups is 1. The van der Waals surface area contributed by atoms with Gasteiger partial charge in [0.05, 0.1) is 5.69 Å². The summed E-state index contributed by atoms with van der Waals surface area (Å²) in [6.07, 6.45) is 4.95. The van der Waals surface area contributed by atoms with Crippen molar-refractivity contribution in [1.29, 1.82) is 0 Å². The summed E-state index contributed by atoms with van der Waals surface area (Å²) < 4.78 is 0. The first-order valence-corrected chi connectivity index (χ1v) is 9.70. The smallest absolute Gasteiger partial charge is 0.317 e. The molecule has 6 heteroatoms. The van der Waals surface area contributed by atoms with Crippen molar-refractivity contribution in [3.05, 3.63) is 30.1 Å². The quantitative estimate of drug-likeness (QED) is 0.867. The molecule has 23 heavy (non-hydrogen) atoms. The number of carbonyl (C=O) groups excluding carboxylic acids is 1. The summed E-state index contributed by atoms with van der Waals surface area (Å²) in [7, 11) is 0. The zero-order valence-electron chi connectivity index (χ0n) is 14.4. The van der Waals surface area contributed by atoms with Gasteiger partial charge < -0.3 is 10.2 Å². The van der Waals surface area contributed by atoms with E-state index in [1.165, 1.54) is 0 Å². The highest BCUT2D eigenvalue weighted by Gasteiger charge is 2.25. The summed E-state index contributed by atoms with van der Waals surface area (Å²) in [6.45, 7) is 7.60. The van der Waals surface area contributed by atoms with Crippen LogP contribution in [0.2, 0.25) is 0 Å². The Kier molecular flexibility index (Phi) is 7.17.